The second kappa shape index (κ2) is 10.5. The number of aromatic nitrogens is 2. The van der Waals surface area contributed by atoms with Crippen LogP contribution in [-0.4, -0.2) is 56.5 Å². The molecule has 1 N–H and O–H groups in total. The number of anilines is 1. The van der Waals surface area contributed by atoms with Crippen molar-refractivity contribution >= 4 is 5.82 Å². The zero-order valence-corrected chi connectivity index (χ0v) is 12.8. The molecule has 0 bridgehead atoms. The molecule has 0 aliphatic heterocycles. The first-order valence-electron chi connectivity index (χ1n) is 7.17. The summed E-state index contributed by atoms with van der Waals surface area (Å²) in [4.78, 5) is 11.0. The zero-order valence-electron chi connectivity index (χ0n) is 12.8. The Balaban J connectivity index is 2.59. The number of hydrogen-bond acceptors (Lipinski definition) is 6. The molecule has 6 heteroatoms. The molecule has 1 heterocycles. The quantitative estimate of drug-likeness (QED) is 0.613. The lowest BCUT2D eigenvalue weighted by Crippen LogP contribution is -2.32. The van der Waals surface area contributed by atoms with E-state index in [-0.39, 0.29) is 0 Å². The third kappa shape index (κ3) is 6.27. The Hall–Kier alpha value is -1.24. The second-order valence-electron chi connectivity index (χ2n) is 4.28. The fourth-order valence-electron chi connectivity index (χ4n) is 1.76. The van der Waals surface area contributed by atoms with Crippen molar-refractivity contribution in [1.82, 2.24) is 15.3 Å². The van der Waals surface area contributed by atoms with Crippen LogP contribution in [-0.2, 0) is 16.0 Å². The lowest BCUT2D eigenvalue weighted by Gasteiger charge is -2.23. The van der Waals surface area contributed by atoms with Crippen molar-refractivity contribution < 1.29 is 9.47 Å². The lowest BCUT2D eigenvalue weighted by atomic mass is 10.4. The van der Waals surface area contributed by atoms with Crippen LogP contribution in [0.15, 0.2) is 12.4 Å². The molecule has 1 rings (SSSR count). The molecule has 0 aromatic carbocycles. The highest BCUT2D eigenvalue weighted by Crippen LogP contribution is 2.08. The molecule has 0 atom stereocenters. The fourth-order valence-corrected chi connectivity index (χ4v) is 1.76. The third-order valence-electron chi connectivity index (χ3n) is 2.79. The van der Waals surface area contributed by atoms with Gasteiger partial charge in [0.05, 0.1) is 31.3 Å². The molecule has 0 saturated carbocycles. The Bertz CT molecular complexity index is 336. The highest BCUT2D eigenvalue weighted by atomic mass is 16.5. The third-order valence-corrected chi connectivity index (χ3v) is 2.79. The van der Waals surface area contributed by atoms with Crippen LogP contribution in [0.4, 0.5) is 5.82 Å². The van der Waals surface area contributed by atoms with Crippen molar-refractivity contribution in [2.24, 2.45) is 0 Å². The molecule has 20 heavy (non-hydrogen) atoms. The minimum atomic E-state index is 0.683. The summed E-state index contributed by atoms with van der Waals surface area (Å²) in [6, 6.07) is 0. The number of nitrogens with zero attached hydrogens (tertiary/aromatic N) is 3. The van der Waals surface area contributed by atoms with Crippen molar-refractivity contribution in [3.05, 3.63) is 18.1 Å². The molecular formula is C14H26N4O2. The van der Waals surface area contributed by atoms with Gasteiger partial charge in [-0.3, -0.25) is 4.98 Å². The van der Waals surface area contributed by atoms with Crippen LogP contribution in [0.25, 0.3) is 0 Å². The van der Waals surface area contributed by atoms with E-state index >= 15 is 0 Å². The summed E-state index contributed by atoms with van der Waals surface area (Å²) >= 11 is 0. The average molecular weight is 282 g/mol. The maximum atomic E-state index is 5.41. The van der Waals surface area contributed by atoms with Gasteiger partial charge < -0.3 is 19.7 Å². The van der Waals surface area contributed by atoms with Crippen LogP contribution in [0.3, 0.4) is 0 Å². The van der Waals surface area contributed by atoms with E-state index < -0.39 is 0 Å². The van der Waals surface area contributed by atoms with E-state index in [2.05, 4.69) is 20.2 Å². The van der Waals surface area contributed by atoms with Crippen molar-refractivity contribution in [2.75, 3.05) is 51.5 Å². The summed E-state index contributed by atoms with van der Waals surface area (Å²) in [6.45, 7) is 9.13. The van der Waals surface area contributed by atoms with Crippen LogP contribution >= 0.6 is 0 Å². The standard InChI is InChI=1S/C14H26N4O2/c1-4-19-8-6-18(7-9-20-5-2)14-12-16-13(10-15-3)11-17-14/h11-12,15H,4-10H2,1-3H3. The van der Waals surface area contributed by atoms with Gasteiger partial charge >= 0.3 is 0 Å². The number of ether oxygens (including phenoxy) is 2. The summed E-state index contributed by atoms with van der Waals surface area (Å²) in [7, 11) is 1.89. The van der Waals surface area contributed by atoms with E-state index in [4.69, 9.17) is 9.47 Å². The van der Waals surface area contributed by atoms with Gasteiger partial charge in [0.2, 0.25) is 0 Å². The SMILES string of the molecule is CCOCCN(CCOCC)c1cnc(CNC)cn1. The highest BCUT2D eigenvalue weighted by molar-refractivity contribution is 5.35. The Morgan fingerprint density at radius 2 is 1.70 bits per heavy atom. The minimum absolute atomic E-state index is 0.683. The van der Waals surface area contributed by atoms with Crippen molar-refractivity contribution in [1.29, 1.82) is 0 Å². The van der Waals surface area contributed by atoms with Gasteiger partial charge in [-0.1, -0.05) is 0 Å². The molecule has 6 nitrogen and oxygen atoms in total. The molecule has 0 aliphatic rings. The molecule has 0 radical (unpaired) electrons. The summed E-state index contributed by atoms with van der Waals surface area (Å²) in [5.74, 6) is 0.865. The Morgan fingerprint density at radius 1 is 1.05 bits per heavy atom. The number of nitrogens with one attached hydrogen (secondary N) is 1. The molecule has 1 aromatic rings. The van der Waals surface area contributed by atoms with E-state index in [0.29, 0.717) is 13.2 Å². The van der Waals surface area contributed by atoms with Gasteiger partial charge in [0, 0.05) is 32.8 Å². The van der Waals surface area contributed by atoms with E-state index in [1.807, 2.05) is 27.1 Å². The monoisotopic (exact) mass is 282 g/mol. The van der Waals surface area contributed by atoms with E-state index in [9.17, 15) is 0 Å². The molecule has 0 unspecified atom stereocenters. The first-order chi connectivity index (χ1) is 9.81. The molecular weight excluding hydrogens is 256 g/mol. The van der Waals surface area contributed by atoms with Gasteiger partial charge in [0.1, 0.15) is 5.82 Å². The Kier molecular flexibility index (Phi) is 8.86. The van der Waals surface area contributed by atoms with Gasteiger partial charge in [0.15, 0.2) is 0 Å². The van der Waals surface area contributed by atoms with Crippen LogP contribution in [0, 0.1) is 0 Å². The molecule has 0 amide bonds. The number of rotatable bonds is 11. The summed E-state index contributed by atoms with van der Waals surface area (Å²) in [5, 5.41) is 3.06. The lowest BCUT2D eigenvalue weighted by molar-refractivity contribution is 0.141. The van der Waals surface area contributed by atoms with Crippen LogP contribution in [0.2, 0.25) is 0 Å². The predicted octanol–water partition coefficient (Wildman–Crippen LogP) is 1.08. The van der Waals surface area contributed by atoms with Gasteiger partial charge in [-0.15, -0.1) is 0 Å². The molecule has 1 aromatic heterocycles. The highest BCUT2D eigenvalue weighted by Gasteiger charge is 2.08. The first kappa shape index (κ1) is 16.8. The minimum Gasteiger partial charge on any atom is -0.380 e. The van der Waals surface area contributed by atoms with Gasteiger partial charge in [-0.2, -0.15) is 0 Å². The summed E-state index contributed by atoms with van der Waals surface area (Å²) in [5.41, 5.74) is 0.936. The van der Waals surface area contributed by atoms with Crippen LogP contribution in [0.1, 0.15) is 19.5 Å². The van der Waals surface area contributed by atoms with E-state index in [0.717, 1.165) is 44.4 Å². The molecule has 114 valence electrons. The average Bonchev–Trinajstić information content (AvgIpc) is 2.47. The number of hydrogen-bond donors (Lipinski definition) is 1. The zero-order chi connectivity index (χ0) is 14.6. The second-order valence-corrected chi connectivity index (χ2v) is 4.28. The molecule has 0 spiro atoms. The van der Waals surface area contributed by atoms with Gasteiger partial charge in [-0.05, 0) is 20.9 Å². The van der Waals surface area contributed by atoms with Crippen molar-refractivity contribution in [2.45, 2.75) is 20.4 Å². The maximum Gasteiger partial charge on any atom is 0.147 e. The van der Waals surface area contributed by atoms with Gasteiger partial charge in [-0.25, -0.2) is 4.98 Å². The Morgan fingerprint density at radius 3 is 2.15 bits per heavy atom. The molecule has 0 fully saturated rings. The summed E-state index contributed by atoms with van der Waals surface area (Å²) < 4.78 is 10.8. The maximum absolute atomic E-state index is 5.41. The smallest absolute Gasteiger partial charge is 0.147 e. The van der Waals surface area contributed by atoms with E-state index in [1.54, 1.807) is 6.20 Å². The molecule has 0 aliphatic carbocycles. The molecule has 0 saturated heterocycles. The summed E-state index contributed by atoms with van der Waals surface area (Å²) in [6.07, 6.45) is 3.62. The Labute approximate surface area is 121 Å². The van der Waals surface area contributed by atoms with Crippen molar-refractivity contribution in [3.8, 4) is 0 Å². The van der Waals surface area contributed by atoms with E-state index in [1.165, 1.54) is 0 Å². The fraction of sp³-hybridized carbons (Fsp3) is 0.714. The van der Waals surface area contributed by atoms with Crippen molar-refractivity contribution in [3.63, 3.8) is 0 Å². The van der Waals surface area contributed by atoms with Gasteiger partial charge in [0.25, 0.3) is 0 Å². The topological polar surface area (TPSA) is 59.5 Å². The predicted molar refractivity (Wildman–Crippen MR) is 80.0 cm³/mol. The van der Waals surface area contributed by atoms with Crippen LogP contribution in [0.5, 0.6) is 0 Å². The first-order valence-corrected chi connectivity index (χ1v) is 7.17. The normalized spacial score (nSPS) is 10.8. The largest absolute Gasteiger partial charge is 0.380 e. The van der Waals surface area contributed by atoms with Crippen LogP contribution < -0.4 is 10.2 Å².